The maximum Gasteiger partial charge on any atom is 0.212 e. The van der Waals surface area contributed by atoms with Crippen molar-refractivity contribution in [2.24, 2.45) is 0 Å². The number of pyridine rings is 1. The Morgan fingerprint density at radius 3 is 2.81 bits per heavy atom. The molecule has 6 nitrogen and oxygen atoms in total. The molecular weight excluding hydrogens is 266 g/mol. The lowest BCUT2D eigenvalue weighted by atomic mass is 10.2. The van der Waals surface area contributed by atoms with E-state index < -0.39 is 0 Å². The molecule has 0 spiro atoms. The highest BCUT2D eigenvalue weighted by atomic mass is 16.5. The van der Waals surface area contributed by atoms with Gasteiger partial charge in [-0.15, -0.1) is 0 Å². The van der Waals surface area contributed by atoms with Crippen LogP contribution in [0.5, 0.6) is 5.88 Å². The van der Waals surface area contributed by atoms with Crippen LogP contribution < -0.4 is 15.8 Å². The van der Waals surface area contributed by atoms with Crippen LogP contribution in [-0.2, 0) is 6.54 Å². The van der Waals surface area contributed by atoms with Gasteiger partial charge in [0.1, 0.15) is 12.1 Å². The van der Waals surface area contributed by atoms with Crippen LogP contribution in [0.3, 0.4) is 0 Å². The van der Waals surface area contributed by atoms with Gasteiger partial charge in [-0.25, -0.2) is 15.0 Å². The molecule has 0 bridgehead atoms. The van der Waals surface area contributed by atoms with Crippen LogP contribution in [0.1, 0.15) is 5.56 Å². The Kier molecular flexibility index (Phi) is 3.51. The lowest BCUT2D eigenvalue weighted by Gasteiger charge is -2.09. The van der Waals surface area contributed by atoms with Crippen molar-refractivity contribution in [3.05, 3.63) is 48.4 Å². The molecule has 2 heterocycles. The molecule has 0 radical (unpaired) electrons. The maximum atomic E-state index is 5.77. The molecule has 6 heteroatoms. The third-order valence-corrected chi connectivity index (χ3v) is 3.13. The summed E-state index contributed by atoms with van der Waals surface area (Å²) in [6.45, 7) is 0.619. The van der Waals surface area contributed by atoms with Crippen LogP contribution in [-0.4, -0.2) is 22.1 Å². The summed E-state index contributed by atoms with van der Waals surface area (Å²) < 4.78 is 5.04. The van der Waals surface area contributed by atoms with Gasteiger partial charge in [0.15, 0.2) is 0 Å². The van der Waals surface area contributed by atoms with Crippen molar-refractivity contribution in [2.45, 2.75) is 6.54 Å². The number of hydrogen-bond donors (Lipinski definition) is 2. The van der Waals surface area contributed by atoms with Crippen molar-refractivity contribution in [3.8, 4) is 5.88 Å². The Balaban J connectivity index is 1.81. The molecule has 3 rings (SSSR count). The second-order valence-corrected chi connectivity index (χ2v) is 4.56. The van der Waals surface area contributed by atoms with E-state index in [0.29, 0.717) is 18.1 Å². The van der Waals surface area contributed by atoms with Crippen molar-refractivity contribution in [1.82, 2.24) is 15.0 Å². The molecule has 2 aromatic heterocycles. The number of benzene rings is 1. The fourth-order valence-corrected chi connectivity index (χ4v) is 2.04. The largest absolute Gasteiger partial charge is 0.481 e. The molecule has 0 atom stereocenters. The maximum absolute atomic E-state index is 5.77. The number of rotatable bonds is 4. The fourth-order valence-electron chi connectivity index (χ4n) is 2.04. The summed E-state index contributed by atoms with van der Waals surface area (Å²) in [4.78, 5) is 12.7. The summed E-state index contributed by atoms with van der Waals surface area (Å²) in [5, 5.41) is 4.23. The van der Waals surface area contributed by atoms with Crippen molar-refractivity contribution in [3.63, 3.8) is 0 Å². The van der Waals surface area contributed by atoms with Crippen LogP contribution in [0.4, 0.5) is 11.5 Å². The van der Waals surface area contributed by atoms with Crippen LogP contribution in [0.15, 0.2) is 42.9 Å². The van der Waals surface area contributed by atoms with E-state index in [9.17, 15) is 0 Å². The number of hydrogen-bond acceptors (Lipinski definition) is 6. The number of nitrogens with two attached hydrogens (primary N) is 1. The number of nitrogens with zero attached hydrogens (tertiary/aromatic N) is 3. The molecule has 0 aliphatic heterocycles. The highest BCUT2D eigenvalue weighted by Gasteiger charge is 2.04. The van der Waals surface area contributed by atoms with Crippen molar-refractivity contribution >= 4 is 22.4 Å². The van der Waals surface area contributed by atoms with E-state index in [0.717, 1.165) is 22.3 Å². The Labute approximate surface area is 122 Å². The zero-order valence-electron chi connectivity index (χ0n) is 11.6. The SMILES string of the molecule is COc1ccc(CNc2ncnc3cc(N)ccc23)cn1. The van der Waals surface area contributed by atoms with E-state index >= 15 is 0 Å². The summed E-state index contributed by atoms with van der Waals surface area (Å²) in [6.07, 6.45) is 3.30. The lowest BCUT2D eigenvalue weighted by Crippen LogP contribution is -2.03. The van der Waals surface area contributed by atoms with Crippen molar-refractivity contribution in [2.75, 3.05) is 18.2 Å². The Bertz CT molecular complexity index is 758. The predicted octanol–water partition coefficient (Wildman–Crippen LogP) is 2.23. The first kappa shape index (κ1) is 13.1. The Morgan fingerprint density at radius 1 is 1.14 bits per heavy atom. The number of nitrogen functional groups attached to an aromatic ring is 1. The Morgan fingerprint density at radius 2 is 2.05 bits per heavy atom. The van der Waals surface area contributed by atoms with E-state index in [1.54, 1.807) is 13.3 Å². The molecule has 0 aliphatic rings. The topological polar surface area (TPSA) is 86.0 Å². The van der Waals surface area contributed by atoms with Crippen LogP contribution in [0, 0.1) is 0 Å². The molecule has 3 N–H and O–H groups in total. The number of anilines is 2. The standard InChI is InChI=1S/C15H15N5O/c1-21-14-5-2-10(7-17-14)8-18-15-12-4-3-11(16)6-13(12)19-9-20-15/h2-7,9H,8,16H2,1H3,(H,18,19,20). The van der Waals surface area contributed by atoms with E-state index in [4.69, 9.17) is 10.5 Å². The Hall–Kier alpha value is -2.89. The summed E-state index contributed by atoms with van der Waals surface area (Å²) in [5.41, 5.74) is 8.31. The van der Waals surface area contributed by atoms with Gasteiger partial charge in [0.25, 0.3) is 0 Å². The first-order valence-corrected chi connectivity index (χ1v) is 6.49. The molecule has 0 unspecified atom stereocenters. The summed E-state index contributed by atoms with van der Waals surface area (Å²) in [7, 11) is 1.60. The molecule has 106 valence electrons. The molecule has 3 aromatic rings. The minimum Gasteiger partial charge on any atom is -0.481 e. The average Bonchev–Trinajstić information content (AvgIpc) is 2.53. The smallest absolute Gasteiger partial charge is 0.212 e. The fraction of sp³-hybridized carbons (Fsp3) is 0.133. The number of fused-ring (bicyclic) bond motifs is 1. The molecule has 0 aliphatic carbocycles. The normalized spacial score (nSPS) is 10.5. The monoisotopic (exact) mass is 281 g/mol. The molecule has 21 heavy (non-hydrogen) atoms. The zero-order chi connectivity index (χ0) is 14.7. The molecule has 0 saturated heterocycles. The first-order chi connectivity index (χ1) is 10.3. The van der Waals surface area contributed by atoms with Gasteiger partial charge in [-0.1, -0.05) is 6.07 Å². The van der Waals surface area contributed by atoms with Gasteiger partial charge in [0, 0.05) is 29.9 Å². The van der Waals surface area contributed by atoms with Gasteiger partial charge >= 0.3 is 0 Å². The van der Waals surface area contributed by atoms with Gasteiger partial charge in [-0.3, -0.25) is 0 Å². The van der Waals surface area contributed by atoms with Crippen molar-refractivity contribution < 1.29 is 4.74 Å². The van der Waals surface area contributed by atoms with Crippen LogP contribution in [0.25, 0.3) is 10.9 Å². The van der Waals surface area contributed by atoms with Gasteiger partial charge in [0.2, 0.25) is 5.88 Å². The summed E-state index contributed by atoms with van der Waals surface area (Å²) >= 11 is 0. The molecule has 1 aromatic carbocycles. The lowest BCUT2D eigenvalue weighted by molar-refractivity contribution is 0.397. The number of ether oxygens (including phenoxy) is 1. The summed E-state index contributed by atoms with van der Waals surface area (Å²) in [6, 6.07) is 9.37. The van der Waals surface area contributed by atoms with Gasteiger partial charge < -0.3 is 15.8 Å². The molecule has 0 fully saturated rings. The molecule has 0 saturated carbocycles. The van der Waals surface area contributed by atoms with E-state index in [-0.39, 0.29) is 0 Å². The minimum absolute atomic E-state index is 0.599. The van der Waals surface area contributed by atoms with E-state index in [1.807, 2.05) is 30.3 Å². The second kappa shape index (κ2) is 5.62. The third-order valence-electron chi connectivity index (χ3n) is 3.13. The van der Waals surface area contributed by atoms with Crippen molar-refractivity contribution in [1.29, 1.82) is 0 Å². The minimum atomic E-state index is 0.599. The first-order valence-electron chi connectivity index (χ1n) is 6.49. The third kappa shape index (κ3) is 2.84. The number of methoxy groups -OCH3 is 1. The molecule has 0 amide bonds. The number of nitrogens with one attached hydrogen (secondary N) is 1. The second-order valence-electron chi connectivity index (χ2n) is 4.56. The van der Waals surface area contributed by atoms with Crippen LogP contribution >= 0.6 is 0 Å². The van der Waals surface area contributed by atoms with E-state index in [2.05, 4.69) is 20.3 Å². The zero-order valence-corrected chi connectivity index (χ0v) is 11.6. The summed E-state index contributed by atoms with van der Waals surface area (Å²) in [5.74, 6) is 1.37. The van der Waals surface area contributed by atoms with Gasteiger partial charge in [0.05, 0.1) is 12.6 Å². The quantitative estimate of drug-likeness (QED) is 0.713. The highest BCUT2D eigenvalue weighted by Crippen LogP contribution is 2.21. The van der Waals surface area contributed by atoms with E-state index in [1.165, 1.54) is 6.33 Å². The van der Waals surface area contributed by atoms with Gasteiger partial charge in [-0.05, 0) is 23.8 Å². The van der Waals surface area contributed by atoms with Crippen LogP contribution in [0.2, 0.25) is 0 Å². The highest BCUT2D eigenvalue weighted by molar-refractivity contribution is 5.90. The predicted molar refractivity (Wildman–Crippen MR) is 82.1 cm³/mol. The molecular formula is C15H15N5O. The van der Waals surface area contributed by atoms with Gasteiger partial charge in [-0.2, -0.15) is 0 Å². The number of aromatic nitrogens is 3. The average molecular weight is 281 g/mol.